The number of esters is 1. The van der Waals surface area contributed by atoms with Crippen molar-refractivity contribution in [3.63, 3.8) is 0 Å². The molecule has 10 heteroatoms. The lowest BCUT2D eigenvalue weighted by Gasteiger charge is -2.51. The average Bonchev–Trinajstić information content (AvgIpc) is 3.40. The molecule has 2 atom stereocenters. The molecule has 0 spiro atoms. The number of hydrogen-bond acceptors (Lipinski definition) is 7. The third kappa shape index (κ3) is 5.00. The lowest BCUT2D eigenvalue weighted by Crippen LogP contribution is -3.00. The van der Waals surface area contributed by atoms with Gasteiger partial charge in [-0.05, 0) is 11.6 Å². The number of nitrogens with one attached hydrogen (secondary N) is 1. The fourth-order valence-electron chi connectivity index (χ4n) is 5.22. The Morgan fingerprint density at radius 1 is 1.11 bits per heavy atom. The van der Waals surface area contributed by atoms with Gasteiger partial charge < -0.3 is 41.0 Å². The zero-order valence-corrected chi connectivity index (χ0v) is 20.6. The van der Waals surface area contributed by atoms with E-state index in [1.807, 2.05) is 6.07 Å². The van der Waals surface area contributed by atoms with Gasteiger partial charge in [0.2, 0.25) is 5.60 Å². The Kier molecular flexibility index (Phi) is 7.34. The van der Waals surface area contributed by atoms with Crippen molar-refractivity contribution in [2.75, 3.05) is 31.5 Å². The number of furan rings is 1. The number of piperidine rings is 3. The van der Waals surface area contributed by atoms with Crippen molar-refractivity contribution < 1.29 is 45.3 Å². The van der Waals surface area contributed by atoms with Crippen molar-refractivity contribution in [2.24, 2.45) is 5.92 Å². The van der Waals surface area contributed by atoms with Crippen LogP contribution in [0.3, 0.4) is 0 Å². The number of carbonyl (C=O) groups excluding carboxylic acids is 2. The van der Waals surface area contributed by atoms with Gasteiger partial charge in [0.05, 0.1) is 43.7 Å². The second-order valence-electron chi connectivity index (χ2n) is 9.17. The fraction of sp³-hybridized carbons (Fsp3) is 0.360. The maximum atomic E-state index is 13.5. The fourth-order valence-corrected chi connectivity index (χ4v) is 5.22. The molecule has 5 heterocycles. The number of nitrogens with zero attached hydrogens (tertiary/aromatic N) is 3. The van der Waals surface area contributed by atoms with Gasteiger partial charge >= 0.3 is 5.97 Å². The zero-order chi connectivity index (χ0) is 23.6. The second-order valence-corrected chi connectivity index (χ2v) is 9.17. The molecule has 3 saturated heterocycles. The molecule has 9 nitrogen and oxygen atoms in total. The molecular weight excluding hydrogens is 516 g/mol. The van der Waals surface area contributed by atoms with E-state index in [1.54, 1.807) is 42.7 Å². The third-order valence-electron chi connectivity index (χ3n) is 7.05. The van der Waals surface area contributed by atoms with Gasteiger partial charge in [-0.25, -0.2) is 14.8 Å². The molecule has 3 aliphatic heterocycles. The van der Waals surface area contributed by atoms with Gasteiger partial charge in [0, 0.05) is 24.3 Å². The van der Waals surface area contributed by atoms with Crippen molar-refractivity contribution >= 4 is 17.6 Å². The van der Waals surface area contributed by atoms with E-state index in [2.05, 4.69) is 15.3 Å². The molecule has 3 aromatic rings. The first kappa shape index (κ1) is 25.0. The maximum Gasteiger partial charge on any atom is 0.348 e. The molecule has 35 heavy (non-hydrogen) atoms. The number of anilines is 1. The minimum absolute atomic E-state index is 0. The molecular formula is C25H27BrN4O5. The number of ether oxygens (including phenoxy) is 1. The number of aromatic nitrogens is 2. The summed E-state index contributed by atoms with van der Waals surface area (Å²) in [6.07, 6.45) is 8.62. The summed E-state index contributed by atoms with van der Waals surface area (Å²) >= 11 is 0. The van der Waals surface area contributed by atoms with Gasteiger partial charge in [-0.1, -0.05) is 30.3 Å². The quantitative estimate of drug-likeness (QED) is 0.293. The van der Waals surface area contributed by atoms with Gasteiger partial charge in [0.15, 0.2) is 12.6 Å². The number of aliphatic hydroxyl groups is 1. The Bertz CT molecular complexity index is 1140. The number of halogens is 1. The lowest BCUT2D eigenvalue weighted by molar-refractivity contribution is -0.939. The summed E-state index contributed by atoms with van der Waals surface area (Å²) in [7, 11) is 0. The molecule has 1 aromatic carbocycles. The summed E-state index contributed by atoms with van der Waals surface area (Å²) in [4.78, 5) is 34.1. The van der Waals surface area contributed by atoms with Crippen LogP contribution in [0.2, 0.25) is 0 Å². The van der Waals surface area contributed by atoms with E-state index in [0.717, 1.165) is 25.9 Å². The molecule has 2 bridgehead atoms. The summed E-state index contributed by atoms with van der Waals surface area (Å²) in [5.74, 6) is -0.652. The highest BCUT2D eigenvalue weighted by atomic mass is 79.9. The molecule has 3 aliphatic rings. The predicted octanol–water partition coefficient (Wildman–Crippen LogP) is -0.900. The van der Waals surface area contributed by atoms with Gasteiger partial charge in [-0.2, -0.15) is 0 Å². The van der Waals surface area contributed by atoms with Crippen molar-refractivity contribution in [2.45, 2.75) is 24.5 Å². The number of rotatable bonds is 7. The molecule has 3 fully saturated rings. The van der Waals surface area contributed by atoms with E-state index in [-0.39, 0.29) is 41.5 Å². The highest BCUT2D eigenvalue weighted by molar-refractivity contribution is 5.91. The van der Waals surface area contributed by atoms with Gasteiger partial charge in [-0.15, -0.1) is 0 Å². The largest absolute Gasteiger partial charge is 1.00 e. The van der Waals surface area contributed by atoms with Crippen molar-refractivity contribution in [3.05, 3.63) is 78.8 Å². The molecule has 0 aliphatic carbocycles. The standard InChI is InChI=1S/C25H26N4O5.BrH/c30-23(28-21-12-26-17-27-13-21)15-29-9-6-18(7-10-29)22(14-29)34-24(31)25(32,20-8-11-33-16-20)19-4-2-1-3-5-19;/h1-5,8,11-13,16-18,22,32H,6-7,9-10,14-15H2;1H/t18?,22-,25?,29?;/m0./s1. The molecule has 1 unspecified atom stereocenters. The molecule has 2 N–H and O–H groups in total. The first-order valence-electron chi connectivity index (χ1n) is 11.4. The van der Waals surface area contributed by atoms with Crippen LogP contribution >= 0.6 is 0 Å². The highest BCUT2D eigenvalue weighted by Gasteiger charge is 2.51. The van der Waals surface area contributed by atoms with Crippen molar-refractivity contribution in [3.8, 4) is 0 Å². The van der Waals surface area contributed by atoms with E-state index in [9.17, 15) is 14.7 Å². The van der Waals surface area contributed by atoms with Crippen LogP contribution in [0, 0.1) is 5.92 Å². The summed E-state index contributed by atoms with van der Waals surface area (Å²) < 4.78 is 11.7. The first-order chi connectivity index (χ1) is 16.5. The summed E-state index contributed by atoms with van der Waals surface area (Å²) in [5, 5.41) is 14.4. The SMILES string of the molecule is O=C(C[N+]12CCC(CC1)[C@@H](OC(=O)C(O)(c1ccccc1)c1ccoc1)C2)Nc1cncnc1.[Br-]. The maximum absolute atomic E-state index is 13.5. The Morgan fingerprint density at radius 3 is 2.49 bits per heavy atom. The number of carbonyl (C=O) groups is 2. The van der Waals surface area contributed by atoms with Gasteiger partial charge in [0.25, 0.3) is 5.91 Å². The Hall–Kier alpha value is -3.08. The van der Waals surface area contributed by atoms with E-state index < -0.39 is 11.6 Å². The molecule has 184 valence electrons. The van der Waals surface area contributed by atoms with Crippen LogP contribution in [-0.4, -0.2) is 63.7 Å². The number of benzene rings is 1. The van der Waals surface area contributed by atoms with Crippen LogP contribution in [0.15, 0.2) is 72.1 Å². The zero-order valence-electron chi connectivity index (χ0n) is 19.0. The van der Waals surface area contributed by atoms with Crippen LogP contribution in [0.4, 0.5) is 5.69 Å². The number of amides is 1. The van der Waals surface area contributed by atoms with E-state index in [1.165, 1.54) is 18.9 Å². The van der Waals surface area contributed by atoms with Crippen molar-refractivity contribution in [1.29, 1.82) is 0 Å². The second kappa shape index (κ2) is 10.3. The van der Waals surface area contributed by atoms with Crippen LogP contribution in [-0.2, 0) is 19.9 Å². The summed E-state index contributed by atoms with van der Waals surface area (Å²) in [6.45, 7) is 2.51. The van der Waals surface area contributed by atoms with Crippen molar-refractivity contribution in [1.82, 2.24) is 9.97 Å². The normalized spacial score (nSPS) is 24.6. The van der Waals surface area contributed by atoms with Crippen LogP contribution in [0.1, 0.15) is 24.0 Å². The topological polar surface area (TPSA) is 115 Å². The highest BCUT2D eigenvalue weighted by Crippen LogP contribution is 2.38. The average molecular weight is 543 g/mol. The van der Waals surface area contributed by atoms with Crippen LogP contribution in [0.25, 0.3) is 0 Å². The number of quaternary nitrogens is 1. The van der Waals surface area contributed by atoms with Crippen LogP contribution < -0.4 is 22.3 Å². The Balaban J connectivity index is 0.00000289. The minimum atomic E-state index is -1.98. The molecule has 6 rings (SSSR count). The Labute approximate surface area is 213 Å². The molecule has 0 saturated carbocycles. The molecule has 2 aromatic heterocycles. The van der Waals surface area contributed by atoms with Gasteiger partial charge in [0.1, 0.15) is 12.9 Å². The molecule has 1 amide bonds. The summed E-state index contributed by atoms with van der Waals surface area (Å²) in [5.41, 5.74) is -0.696. The van der Waals surface area contributed by atoms with E-state index in [4.69, 9.17) is 9.15 Å². The monoisotopic (exact) mass is 542 g/mol. The lowest BCUT2D eigenvalue weighted by atomic mass is 9.82. The molecule has 0 radical (unpaired) electrons. The smallest absolute Gasteiger partial charge is 0.348 e. The third-order valence-corrected chi connectivity index (χ3v) is 7.05. The van der Waals surface area contributed by atoms with Crippen LogP contribution in [0.5, 0.6) is 0 Å². The summed E-state index contributed by atoms with van der Waals surface area (Å²) in [6, 6.07) is 10.3. The Morgan fingerprint density at radius 2 is 1.83 bits per heavy atom. The minimum Gasteiger partial charge on any atom is -1.00 e. The van der Waals surface area contributed by atoms with Gasteiger partial charge in [-0.3, -0.25) is 4.79 Å². The van der Waals surface area contributed by atoms with E-state index in [0.29, 0.717) is 27.8 Å². The number of hydrogen-bond donors (Lipinski definition) is 2. The first-order valence-corrected chi connectivity index (χ1v) is 11.4. The van der Waals surface area contributed by atoms with E-state index >= 15 is 0 Å². The number of fused-ring (bicyclic) bond motifs is 3. The predicted molar refractivity (Wildman–Crippen MR) is 121 cm³/mol.